The number of aliphatic hydroxyl groups excluding tert-OH is 1. The minimum Gasteiger partial charge on any atom is -0.481 e. The van der Waals surface area contributed by atoms with Gasteiger partial charge in [0, 0.05) is 6.42 Å². The Kier molecular flexibility index (Phi) is 10.0. The van der Waals surface area contributed by atoms with Crippen LogP contribution in [0.15, 0.2) is 0 Å². The van der Waals surface area contributed by atoms with E-state index in [0.29, 0.717) is 25.8 Å². The predicted molar refractivity (Wildman–Crippen MR) is 75.4 cm³/mol. The molecule has 0 spiro atoms. The zero-order chi connectivity index (χ0) is 15.5. The number of likely N-dealkylation sites (N-methyl/N-ethyl adjacent to an activating group) is 1. The molecule has 0 saturated carbocycles. The Morgan fingerprint density at radius 2 is 1.65 bits per heavy atom. The minimum absolute atomic E-state index is 0.165. The van der Waals surface area contributed by atoms with Gasteiger partial charge in [0.2, 0.25) is 0 Å². The summed E-state index contributed by atoms with van der Waals surface area (Å²) in [7, 11) is 0. The van der Waals surface area contributed by atoms with Crippen LogP contribution in [0, 0.1) is 0 Å². The van der Waals surface area contributed by atoms with Gasteiger partial charge in [-0.2, -0.15) is 0 Å². The van der Waals surface area contributed by atoms with Gasteiger partial charge in [0.15, 0.2) is 0 Å². The predicted octanol–water partition coefficient (Wildman–Crippen LogP) is 1.92. The second-order valence-electron chi connectivity index (χ2n) is 4.92. The fourth-order valence-electron chi connectivity index (χ4n) is 2.27. The maximum atomic E-state index is 11.3. The third-order valence-corrected chi connectivity index (χ3v) is 3.42. The van der Waals surface area contributed by atoms with Crippen molar-refractivity contribution in [2.45, 2.75) is 71.1 Å². The Balaban J connectivity index is 4.14. The first kappa shape index (κ1) is 18.9. The van der Waals surface area contributed by atoms with Gasteiger partial charge in [-0.15, -0.1) is 0 Å². The molecule has 0 fully saturated rings. The van der Waals surface area contributed by atoms with Crippen LogP contribution < -0.4 is 0 Å². The number of rotatable bonds is 12. The quantitative estimate of drug-likeness (QED) is 0.375. The zero-order valence-electron chi connectivity index (χ0n) is 12.4. The zero-order valence-corrected chi connectivity index (χ0v) is 12.4. The third kappa shape index (κ3) is 7.45. The van der Waals surface area contributed by atoms with Crippen LogP contribution in [-0.4, -0.2) is 51.0 Å². The smallest absolute Gasteiger partial charge is 0.320 e. The molecule has 0 radical (unpaired) electrons. The number of aliphatic carboxylic acids is 2. The molecule has 0 aromatic rings. The van der Waals surface area contributed by atoms with Crippen molar-refractivity contribution in [3.63, 3.8) is 0 Å². The summed E-state index contributed by atoms with van der Waals surface area (Å²) in [6, 6.07) is -0.672. The molecule has 6 nitrogen and oxygen atoms in total. The lowest BCUT2D eigenvalue weighted by Crippen LogP contribution is -2.47. The molecule has 0 bridgehead atoms. The maximum Gasteiger partial charge on any atom is 0.320 e. The maximum absolute atomic E-state index is 11.3. The molecular weight excluding hydrogens is 262 g/mol. The topological polar surface area (TPSA) is 98.1 Å². The largest absolute Gasteiger partial charge is 0.481 e. The number of aliphatic hydroxyl groups is 1. The van der Waals surface area contributed by atoms with E-state index in [9.17, 15) is 19.8 Å². The van der Waals surface area contributed by atoms with Gasteiger partial charge >= 0.3 is 11.9 Å². The van der Waals surface area contributed by atoms with Gasteiger partial charge in [-0.25, -0.2) is 0 Å². The molecule has 0 aliphatic carbocycles. The van der Waals surface area contributed by atoms with E-state index in [1.54, 1.807) is 4.90 Å². The number of unbranched alkanes of at least 4 members (excludes halogenated alkanes) is 3. The molecule has 0 aliphatic rings. The van der Waals surface area contributed by atoms with Gasteiger partial charge in [0.05, 0.1) is 0 Å². The highest BCUT2D eigenvalue weighted by Gasteiger charge is 2.27. The molecule has 118 valence electrons. The van der Waals surface area contributed by atoms with E-state index in [-0.39, 0.29) is 6.42 Å². The molecular formula is C14H27NO5. The SMILES string of the molecule is CCC(O)N(CC)C(CCCCCCC(=O)O)C(=O)O. The highest BCUT2D eigenvalue weighted by Crippen LogP contribution is 2.15. The van der Waals surface area contributed by atoms with Crippen molar-refractivity contribution < 1.29 is 24.9 Å². The van der Waals surface area contributed by atoms with Crippen molar-refractivity contribution in [3.05, 3.63) is 0 Å². The molecule has 2 unspecified atom stereocenters. The summed E-state index contributed by atoms with van der Waals surface area (Å²) in [6.45, 7) is 4.14. The summed E-state index contributed by atoms with van der Waals surface area (Å²) in [6.07, 6.45) is 3.37. The minimum atomic E-state index is -0.912. The average molecular weight is 289 g/mol. The Morgan fingerprint density at radius 1 is 1.05 bits per heavy atom. The van der Waals surface area contributed by atoms with Crippen molar-refractivity contribution in [1.82, 2.24) is 4.90 Å². The van der Waals surface area contributed by atoms with Crippen LogP contribution in [0.1, 0.15) is 58.8 Å². The first-order valence-corrected chi connectivity index (χ1v) is 7.32. The second-order valence-corrected chi connectivity index (χ2v) is 4.92. The van der Waals surface area contributed by atoms with E-state index in [0.717, 1.165) is 19.3 Å². The molecule has 2 atom stereocenters. The summed E-state index contributed by atoms with van der Waals surface area (Å²) >= 11 is 0. The van der Waals surface area contributed by atoms with Crippen LogP contribution in [0.25, 0.3) is 0 Å². The van der Waals surface area contributed by atoms with Crippen LogP contribution in [0.3, 0.4) is 0 Å². The number of carboxylic acids is 2. The van der Waals surface area contributed by atoms with Gasteiger partial charge < -0.3 is 15.3 Å². The normalized spacial score (nSPS) is 14.2. The molecule has 0 saturated heterocycles. The van der Waals surface area contributed by atoms with Gasteiger partial charge in [0.1, 0.15) is 12.3 Å². The van der Waals surface area contributed by atoms with E-state index in [4.69, 9.17) is 5.11 Å². The summed E-state index contributed by atoms with van der Waals surface area (Å²) in [5, 5.41) is 27.6. The first-order valence-electron chi connectivity index (χ1n) is 7.32. The van der Waals surface area contributed by atoms with E-state index in [1.807, 2.05) is 13.8 Å². The Labute approximate surface area is 120 Å². The molecule has 6 heteroatoms. The van der Waals surface area contributed by atoms with Gasteiger partial charge in [-0.3, -0.25) is 14.5 Å². The number of hydrogen-bond acceptors (Lipinski definition) is 4. The monoisotopic (exact) mass is 289 g/mol. The van der Waals surface area contributed by atoms with Crippen LogP contribution in [0.2, 0.25) is 0 Å². The molecule has 0 aromatic carbocycles. The summed E-state index contributed by atoms with van der Waals surface area (Å²) < 4.78 is 0. The van der Waals surface area contributed by atoms with Crippen LogP contribution in [-0.2, 0) is 9.59 Å². The van der Waals surface area contributed by atoms with Crippen molar-refractivity contribution in [3.8, 4) is 0 Å². The number of nitrogens with zero attached hydrogens (tertiary/aromatic N) is 1. The third-order valence-electron chi connectivity index (χ3n) is 3.42. The van der Waals surface area contributed by atoms with Crippen molar-refractivity contribution in [1.29, 1.82) is 0 Å². The van der Waals surface area contributed by atoms with Crippen molar-refractivity contribution in [2.24, 2.45) is 0 Å². The number of carboxylic acid groups (broad SMARTS) is 2. The number of carbonyl (C=O) groups is 2. The van der Waals surface area contributed by atoms with E-state index < -0.39 is 24.2 Å². The second kappa shape index (κ2) is 10.6. The van der Waals surface area contributed by atoms with E-state index in [1.165, 1.54) is 0 Å². The number of hydrogen-bond donors (Lipinski definition) is 3. The molecule has 3 N–H and O–H groups in total. The van der Waals surface area contributed by atoms with Gasteiger partial charge in [-0.05, 0) is 25.8 Å². The molecule has 0 aliphatic heterocycles. The Hall–Kier alpha value is -1.14. The lowest BCUT2D eigenvalue weighted by atomic mass is 10.0. The molecule has 0 heterocycles. The van der Waals surface area contributed by atoms with Crippen molar-refractivity contribution >= 4 is 11.9 Å². The van der Waals surface area contributed by atoms with E-state index >= 15 is 0 Å². The highest BCUT2D eigenvalue weighted by atomic mass is 16.4. The van der Waals surface area contributed by atoms with Crippen molar-refractivity contribution in [2.75, 3.05) is 6.54 Å². The Bertz CT molecular complexity index is 295. The summed E-state index contributed by atoms with van der Waals surface area (Å²) in [5.74, 6) is -1.71. The molecule has 0 amide bonds. The van der Waals surface area contributed by atoms with E-state index in [2.05, 4.69) is 0 Å². The fraction of sp³-hybridized carbons (Fsp3) is 0.857. The van der Waals surface area contributed by atoms with Gasteiger partial charge in [0.25, 0.3) is 0 Å². The van der Waals surface area contributed by atoms with Crippen LogP contribution in [0.5, 0.6) is 0 Å². The van der Waals surface area contributed by atoms with Gasteiger partial charge in [-0.1, -0.05) is 33.1 Å². The molecule has 20 heavy (non-hydrogen) atoms. The molecule has 0 aromatic heterocycles. The lowest BCUT2D eigenvalue weighted by Gasteiger charge is -2.31. The summed E-state index contributed by atoms with van der Waals surface area (Å²) in [5.41, 5.74) is 0. The standard InChI is InChI=1S/C14H27NO5/c1-3-12(16)15(4-2)11(14(19)20)9-7-5-6-8-10-13(17)18/h11-12,16H,3-10H2,1-2H3,(H,17,18)(H,19,20). The fourth-order valence-corrected chi connectivity index (χ4v) is 2.27. The first-order chi connectivity index (χ1) is 9.43. The Morgan fingerprint density at radius 3 is 2.10 bits per heavy atom. The molecule has 0 rings (SSSR count). The summed E-state index contributed by atoms with van der Waals surface area (Å²) in [4.78, 5) is 23.2. The van der Waals surface area contributed by atoms with Crippen LogP contribution in [0.4, 0.5) is 0 Å². The average Bonchev–Trinajstić information content (AvgIpc) is 2.40. The van der Waals surface area contributed by atoms with Crippen LogP contribution >= 0.6 is 0 Å². The lowest BCUT2D eigenvalue weighted by molar-refractivity contribution is -0.149. The highest BCUT2D eigenvalue weighted by molar-refractivity contribution is 5.73.